The van der Waals surface area contributed by atoms with Crippen molar-refractivity contribution in [1.82, 2.24) is 15.2 Å². The molecule has 3 atom stereocenters. The Labute approximate surface area is 127 Å². The summed E-state index contributed by atoms with van der Waals surface area (Å²) in [6.45, 7) is 0. The highest BCUT2D eigenvalue weighted by atomic mass is 32.2. The number of thioether (sulfide) groups is 1. The van der Waals surface area contributed by atoms with Crippen molar-refractivity contribution in [2.45, 2.75) is 37.5 Å². The molecular formula is C12H20N6S2. The molecule has 4 N–H and O–H groups in total. The number of aromatic nitrogens is 2. The van der Waals surface area contributed by atoms with Gasteiger partial charge in [-0.05, 0) is 31.1 Å². The van der Waals surface area contributed by atoms with Crippen LogP contribution >= 0.6 is 23.1 Å². The number of rotatable bonds is 4. The largest absolute Gasteiger partial charge is 0.377 e. The second-order valence-corrected chi connectivity index (χ2v) is 7.90. The third kappa shape index (κ3) is 3.17. The minimum atomic E-state index is 0.413. The van der Waals surface area contributed by atoms with Gasteiger partial charge in [0.05, 0.1) is 5.37 Å². The molecule has 1 fully saturated rings. The van der Waals surface area contributed by atoms with Crippen molar-refractivity contribution in [3.63, 3.8) is 0 Å². The van der Waals surface area contributed by atoms with E-state index in [-0.39, 0.29) is 0 Å². The zero-order valence-corrected chi connectivity index (χ0v) is 13.2. The number of amidine groups is 1. The highest BCUT2D eigenvalue weighted by molar-refractivity contribution is 8.14. The molecule has 1 saturated carbocycles. The molecule has 3 rings (SSSR count). The molecule has 2 heterocycles. The first-order valence-electron chi connectivity index (χ1n) is 6.91. The van der Waals surface area contributed by atoms with Gasteiger partial charge in [-0.3, -0.25) is 5.01 Å². The van der Waals surface area contributed by atoms with Gasteiger partial charge in [0.15, 0.2) is 5.17 Å². The smallest absolute Gasteiger partial charge is 0.203 e. The van der Waals surface area contributed by atoms with Crippen LogP contribution in [0.4, 0.5) is 5.13 Å². The summed E-state index contributed by atoms with van der Waals surface area (Å²) in [4.78, 5) is 0. The van der Waals surface area contributed by atoms with E-state index in [4.69, 9.17) is 11.5 Å². The zero-order chi connectivity index (χ0) is 14.1. The quantitative estimate of drug-likeness (QED) is 0.879. The van der Waals surface area contributed by atoms with Crippen LogP contribution in [-0.2, 0) is 6.42 Å². The number of nitrogens with zero attached hydrogens (tertiary/aromatic N) is 4. The monoisotopic (exact) mass is 312 g/mol. The maximum atomic E-state index is 5.77. The Morgan fingerprint density at radius 2 is 2.05 bits per heavy atom. The summed E-state index contributed by atoms with van der Waals surface area (Å²) in [7, 11) is 2.01. The third-order valence-electron chi connectivity index (χ3n) is 4.06. The predicted molar refractivity (Wildman–Crippen MR) is 84.2 cm³/mol. The van der Waals surface area contributed by atoms with Gasteiger partial charge in [0, 0.05) is 13.5 Å². The summed E-state index contributed by atoms with van der Waals surface area (Å²) >= 11 is 3.20. The van der Waals surface area contributed by atoms with Gasteiger partial charge >= 0.3 is 0 Å². The fraction of sp³-hybridized carbons (Fsp3) is 0.750. The molecular weight excluding hydrogens is 292 g/mol. The van der Waals surface area contributed by atoms with E-state index < -0.39 is 0 Å². The van der Waals surface area contributed by atoms with Crippen LogP contribution in [0.3, 0.4) is 0 Å². The standard InChI is InChI=1S/C12H20N6S2/c1-18-10(20-12(14)17-18)6-8-3-2-7(4-8)5-9-15-16-11(13)19-9/h7-8,10H,2-6H2,1H3,(H2,13,16)(H2,14,17). The van der Waals surface area contributed by atoms with Crippen molar-refractivity contribution in [3.8, 4) is 0 Å². The molecule has 0 amide bonds. The van der Waals surface area contributed by atoms with Crippen LogP contribution in [0.1, 0.15) is 30.7 Å². The van der Waals surface area contributed by atoms with Gasteiger partial charge in [0.25, 0.3) is 0 Å². The maximum absolute atomic E-state index is 5.77. The maximum Gasteiger partial charge on any atom is 0.203 e. The van der Waals surface area contributed by atoms with Crippen LogP contribution in [0.2, 0.25) is 0 Å². The lowest BCUT2D eigenvalue weighted by Gasteiger charge is -2.21. The lowest BCUT2D eigenvalue weighted by Crippen LogP contribution is -2.22. The van der Waals surface area contributed by atoms with Crippen LogP contribution in [0.25, 0.3) is 0 Å². The number of nitrogens with two attached hydrogens (primary N) is 2. The van der Waals surface area contributed by atoms with Crippen LogP contribution in [0, 0.1) is 11.8 Å². The Morgan fingerprint density at radius 3 is 2.70 bits per heavy atom. The van der Waals surface area contributed by atoms with Crippen molar-refractivity contribution < 1.29 is 0 Å². The van der Waals surface area contributed by atoms with E-state index in [1.165, 1.54) is 37.0 Å². The van der Waals surface area contributed by atoms with E-state index in [1.807, 2.05) is 12.1 Å². The van der Waals surface area contributed by atoms with E-state index in [9.17, 15) is 0 Å². The Hall–Kier alpha value is -1.02. The van der Waals surface area contributed by atoms with Gasteiger partial charge in [-0.25, -0.2) is 0 Å². The van der Waals surface area contributed by atoms with Crippen LogP contribution in [0.15, 0.2) is 5.10 Å². The highest BCUT2D eigenvalue weighted by Crippen LogP contribution is 2.39. The molecule has 0 spiro atoms. The number of anilines is 1. The van der Waals surface area contributed by atoms with E-state index >= 15 is 0 Å². The SMILES string of the molecule is CN1N=C(N)SC1CC1CCC(Cc2nnc(N)s2)C1. The number of nitrogen functional groups attached to an aromatic ring is 1. The second kappa shape index (κ2) is 5.77. The minimum absolute atomic E-state index is 0.413. The second-order valence-electron chi connectivity index (χ2n) is 5.60. The molecule has 0 aromatic carbocycles. The van der Waals surface area contributed by atoms with Crippen LogP contribution in [0.5, 0.6) is 0 Å². The summed E-state index contributed by atoms with van der Waals surface area (Å²) in [5.74, 6) is 1.49. The molecule has 110 valence electrons. The summed E-state index contributed by atoms with van der Waals surface area (Å²) in [6.07, 6.45) is 6.04. The van der Waals surface area contributed by atoms with Crippen LogP contribution < -0.4 is 11.5 Å². The molecule has 3 unspecified atom stereocenters. The van der Waals surface area contributed by atoms with E-state index in [2.05, 4.69) is 15.3 Å². The summed E-state index contributed by atoms with van der Waals surface area (Å²) < 4.78 is 0. The van der Waals surface area contributed by atoms with Gasteiger partial charge in [-0.1, -0.05) is 29.5 Å². The Morgan fingerprint density at radius 1 is 1.25 bits per heavy atom. The van der Waals surface area contributed by atoms with Crippen molar-refractivity contribution in [2.24, 2.45) is 22.7 Å². The highest BCUT2D eigenvalue weighted by Gasteiger charge is 2.31. The lowest BCUT2D eigenvalue weighted by molar-refractivity contribution is 0.291. The number of hydrogen-bond acceptors (Lipinski definition) is 8. The zero-order valence-electron chi connectivity index (χ0n) is 11.5. The van der Waals surface area contributed by atoms with Gasteiger partial charge < -0.3 is 11.5 Å². The fourth-order valence-electron chi connectivity index (χ4n) is 3.12. The molecule has 20 heavy (non-hydrogen) atoms. The minimum Gasteiger partial charge on any atom is -0.377 e. The molecule has 0 radical (unpaired) electrons. The number of hydrazone groups is 1. The van der Waals surface area contributed by atoms with E-state index in [0.717, 1.165) is 23.3 Å². The average Bonchev–Trinajstić information content (AvgIpc) is 3.05. The normalized spacial score (nSPS) is 29.9. The van der Waals surface area contributed by atoms with Crippen molar-refractivity contribution in [2.75, 3.05) is 12.8 Å². The van der Waals surface area contributed by atoms with Gasteiger partial charge in [0.2, 0.25) is 5.13 Å². The molecule has 1 aromatic rings. The van der Waals surface area contributed by atoms with Gasteiger partial charge in [0.1, 0.15) is 5.01 Å². The predicted octanol–water partition coefficient (Wildman–Crippen LogP) is 1.70. The third-order valence-corrected chi connectivity index (χ3v) is 5.93. The van der Waals surface area contributed by atoms with Crippen molar-refractivity contribution >= 4 is 33.4 Å². The molecule has 8 heteroatoms. The Balaban J connectivity index is 1.48. The van der Waals surface area contributed by atoms with Crippen molar-refractivity contribution in [1.29, 1.82) is 0 Å². The first-order valence-corrected chi connectivity index (χ1v) is 8.61. The van der Waals surface area contributed by atoms with Crippen LogP contribution in [-0.4, -0.2) is 32.8 Å². The average molecular weight is 312 g/mol. The number of hydrogen-bond donors (Lipinski definition) is 2. The lowest BCUT2D eigenvalue weighted by atomic mass is 9.99. The van der Waals surface area contributed by atoms with E-state index in [0.29, 0.717) is 15.7 Å². The molecule has 1 aliphatic heterocycles. The Bertz CT molecular complexity index is 502. The summed E-state index contributed by atoms with van der Waals surface area (Å²) in [5.41, 5.74) is 11.4. The molecule has 1 aliphatic carbocycles. The van der Waals surface area contributed by atoms with E-state index in [1.54, 1.807) is 11.8 Å². The molecule has 2 aliphatic rings. The molecule has 0 bridgehead atoms. The first kappa shape index (κ1) is 13.9. The van der Waals surface area contributed by atoms with Gasteiger partial charge in [-0.15, -0.1) is 10.2 Å². The first-order chi connectivity index (χ1) is 9.60. The fourth-order valence-corrected chi connectivity index (χ4v) is 4.87. The summed E-state index contributed by atoms with van der Waals surface area (Å²) in [5, 5.41) is 17.0. The topological polar surface area (TPSA) is 93.4 Å². The summed E-state index contributed by atoms with van der Waals surface area (Å²) in [6, 6.07) is 0. The molecule has 0 saturated heterocycles. The molecule has 6 nitrogen and oxygen atoms in total. The Kier molecular flexibility index (Phi) is 4.02. The van der Waals surface area contributed by atoms with Gasteiger partial charge in [-0.2, -0.15) is 5.10 Å². The molecule has 1 aromatic heterocycles. The van der Waals surface area contributed by atoms with Crippen molar-refractivity contribution in [3.05, 3.63) is 5.01 Å².